The van der Waals surface area contributed by atoms with E-state index in [2.05, 4.69) is 48.5 Å². The number of hydrogen-bond acceptors (Lipinski definition) is 8. The Morgan fingerprint density at radius 2 is 2.15 bits per heavy atom. The van der Waals surface area contributed by atoms with Crippen LogP contribution < -0.4 is 22.1 Å². The van der Waals surface area contributed by atoms with Gasteiger partial charge in [-0.2, -0.15) is 5.01 Å². The second-order valence-corrected chi connectivity index (χ2v) is 10.5. The summed E-state index contributed by atoms with van der Waals surface area (Å²) < 4.78 is 6.15. The molecule has 9 nitrogen and oxygen atoms in total. The van der Waals surface area contributed by atoms with Gasteiger partial charge in [0.1, 0.15) is 12.1 Å². The number of nitrogens with one attached hydrogen (secondary N) is 2. The van der Waals surface area contributed by atoms with Gasteiger partial charge in [-0.3, -0.25) is 9.80 Å². The molecule has 0 saturated carbocycles. The summed E-state index contributed by atoms with van der Waals surface area (Å²) in [5.41, 5.74) is 12.3. The van der Waals surface area contributed by atoms with Crippen LogP contribution in [0.2, 0.25) is 0 Å². The summed E-state index contributed by atoms with van der Waals surface area (Å²) >= 11 is 6.55. The Labute approximate surface area is 204 Å². The van der Waals surface area contributed by atoms with Crippen molar-refractivity contribution in [2.45, 2.75) is 76.5 Å². The van der Waals surface area contributed by atoms with E-state index in [9.17, 15) is 4.79 Å². The molecule has 0 spiro atoms. The Morgan fingerprint density at radius 1 is 1.39 bits per heavy atom. The van der Waals surface area contributed by atoms with Crippen molar-refractivity contribution in [3.05, 3.63) is 11.2 Å². The molecule has 0 aliphatic carbocycles. The fourth-order valence-corrected chi connectivity index (χ4v) is 5.54. The van der Waals surface area contributed by atoms with Gasteiger partial charge in [0, 0.05) is 19.4 Å². The van der Waals surface area contributed by atoms with Crippen LogP contribution in [0.4, 0.5) is 0 Å². The number of carbonyl (C=O) groups excluding carboxylic acids is 1. The number of nitrogens with two attached hydrogens (primary N) is 2. The molecular weight excluding hydrogens is 442 g/mol. The molecular formula is C23H44ClN7O2. The molecule has 0 aromatic carbocycles. The van der Waals surface area contributed by atoms with Crippen LogP contribution in [-0.2, 0) is 9.53 Å². The fourth-order valence-electron chi connectivity index (χ4n) is 5.12. The van der Waals surface area contributed by atoms with Gasteiger partial charge in [0.15, 0.2) is 0 Å². The Morgan fingerprint density at radius 3 is 2.82 bits per heavy atom. The van der Waals surface area contributed by atoms with Crippen molar-refractivity contribution in [2.24, 2.45) is 23.3 Å². The minimum Gasteiger partial charge on any atom is -0.376 e. The van der Waals surface area contributed by atoms with Gasteiger partial charge in [0.05, 0.1) is 29.4 Å². The third-order valence-corrected chi connectivity index (χ3v) is 7.32. The van der Waals surface area contributed by atoms with Crippen molar-refractivity contribution in [1.82, 2.24) is 25.6 Å². The zero-order valence-corrected chi connectivity index (χ0v) is 21.4. The van der Waals surface area contributed by atoms with Crippen LogP contribution in [0.15, 0.2) is 11.2 Å². The predicted octanol–water partition coefficient (Wildman–Crippen LogP) is 0.809. The van der Waals surface area contributed by atoms with E-state index >= 15 is 0 Å². The fraction of sp³-hybridized carbons (Fsp3) is 0.870. The predicted molar refractivity (Wildman–Crippen MR) is 132 cm³/mol. The molecule has 33 heavy (non-hydrogen) atoms. The maximum atomic E-state index is 13.4. The molecule has 0 radical (unpaired) electrons. The first-order valence-corrected chi connectivity index (χ1v) is 12.9. The van der Waals surface area contributed by atoms with Crippen LogP contribution in [-0.4, -0.2) is 91.7 Å². The van der Waals surface area contributed by atoms with Crippen molar-refractivity contribution in [2.75, 3.05) is 40.3 Å². The number of halogens is 1. The summed E-state index contributed by atoms with van der Waals surface area (Å²) in [5.74, 6) is -0.281. The molecule has 7 unspecified atom stereocenters. The number of rotatable bonds is 13. The van der Waals surface area contributed by atoms with Crippen molar-refractivity contribution in [3.63, 3.8) is 0 Å². The van der Waals surface area contributed by atoms with E-state index in [4.69, 9.17) is 27.8 Å². The topological polar surface area (TPSA) is 112 Å². The third-order valence-electron chi connectivity index (χ3n) is 7.00. The molecule has 2 saturated heterocycles. The molecule has 6 N–H and O–H groups in total. The number of unbranched alkanes of at least 4 members (excludes halogenated alkanes) is 1. The van der Waals surface area contributed by atoms with Gasteiger partial charge in [-0.25, -0.2) is 0 Å². The van der Waals surface area contributed by atoms with Crippen LogP contribution in [0.5, 0.6) is 0 Å². The van der Waals surface area contributed by atoms with Gasteiger partial charge in [0.25, 0.3) is 0 Å². The first-order chi connectivity index (χ1) is 15.8. The summed E-state index contributed by atoms with van der Waals surface area (Å²) in [6, 6.07) is -0.0183. The van der Waals surface area contributed by atoms with Crippen molar-refractivity contribution < 1.29 is 9.53 Å². The van der Waals surface area contributed by atoms with E-state index in [1.165, 1.54) is 0 Å². The summed E-state index contributed by atoms with van der Waals surface area (Å²) in [7, 11) is 4.11. The minimum absolute atomic E-state index is 0.0116. The first-order valence-electron chi connectivity index (χ1n) is 12.5. The maximum Gasteiger partial charge on any atom is 0.229 e. The second-order valence-electron chi connectivity index (χ2n) is 10.0. The lowest BCUT2D eigenvalue weighted by Gasteiger charge is -2.34. The van der Waals surface area contributed by atoms with Gasteiger partial charge in [0.2, 0.25) is 5.91 Å². The normalized spacial score (nSPS) is 30.9. The number of nitrogens with zero attached hydrogens (tertiary/aromatic N) is 3. The number of hydrazine groups is 1. The summed E-state index contributed by atoms with van der Waals surface area (Å²) in [5, 5.41) is 11.6. The third kappa shape index (κ3) is 6.60. The highest BCUT2D eigenvalue weighted by Gasteiger charge is 2.60. The number of ether oxygens (including phenoxy) is 1. The number of piperidine rings is 1. The van der Waals surface area contributed by atoms with Crippen LogP contribution in [0.3, 0.4) is 0 Å². The van der Waals surface area contributed by atoms with Gasteiger partial charge in [-0.05, 0) is 52.4 Å². The standard InChI is InChI=1S/C23H44ClN7O2/c1-5-6-8-15(2)20-16(24)14-30-23(31(20)30)19(21(25)26)22(32)28-17-13-27-10-9-18(17)33-12-7-11-29(3)4/h14-15,17-21,23,27H,5-13,25-26H2,1-4H3,(H,28,32). The van der Waals surface area contributed by atoms with Gasteiger partial charge >= 0.3 is 0 Å². The van der Waals surface area contributed by atoms with Gasteiger partial charge in [-0.15, -0.1) is 0 Å². The lowest BCUT2D eigenvalue weighted by Crippen LogP contribution is -2.59. The van der Waals surface area contributed by atoms with Crippen molar-refractivity contribution >= 4 is 17.5 Å². The van der Waals surface area contributed by atoms with E-state index < -0.39 is 12.1 Å². The Hall–Kier alpha value is -0.940. The number of carbonyl (C=O) groups is 1. The van der Waals surface area contributed by atoms with E-state index in [-0.39, 0.29) is 30.3 Å². The molecule has 3 rings (SSSR count). The summed E-state index contributed by atoms with van der Waals surface area (Å²) in [6.07, 6.45) is 6.22. The summed E-state index contributed by atoms with van der Waals surface area (Å²) in [4.78, 5) is 15.5. The van der Waals surface area contributed by atoms with Crippen LogP contribution >= 0.6 is 11.6 Å². The van der Waals surface area contributed by atoms with Gasteiger partial charge < -0.3 is 31.7 Å². The summed E-state index contributed by atoms with van der Waals surface area (Å²) in [6.45, 7) is 7.64. The van der Waals surface area contributed by atoms with Crippen LogP contribution in [0.25, 0.3) is 0 Å². The Balaban J connectivity index is 1.60. The molecule has 0 bridgehead atoms. The zero-order valence-electron chi connectivity index (χ0n) is 20.7. The zero-order chi connectivity index (χ0) is 24.1. The van der Waals surface area contributed by atoms with Gasteiger partial charge in [-0.1, -0.05) is 38.3 Å². The SMILES string of the molecule is CCCCC(C)C1C(Cl)=CN2C(C(C(=O)NC3CNCCC3OCCCN(C)C)C(N)N)N12. The van der Waals surface area contributed by atoms with Crippen molar-refractivity contribution in [1.29, 1.82) is 0 Å². The molecule has 10 heteroatoms. The minimum atomic E-state index is -0.768. The van der Waals surface area contributed by atoms with Crippen LogP contribution in [0, 0.1) is 11.8 Å². The molecule has 3 heterocycles. The smallest absolute Gasteiger partial charge is 0.229 e. The Bertz CT molecular complexity index is 677. The van der Waals surface area contributed by atoms with E-state index in [1.54, 1.807) is 0 Å². The highest BCUT2D eigenvalue weighted by atomic mass is 35.5. The first kappa shape index (κ1) is 26.7. The number of hydrogen-bond donors (Lipinski definition) is 4. The van der Waals surface area contributed by atoms with Crippen LogP contribution in [0.1, 0.15) is 46.0 Å². The quantitative estimate of drug-likeness (QED) is 0.172. The number of amides is 1. The van der Waals surface area contributed by atoms with Crippen molar-refractivity contribution in [3.8, 4) is 0 Å². The highest BCUT2D eigenvalue weighted by molar-refractivity contribution is 6.30. The van der Waals surface area contributed by atoms with E-state index in [1.807, 2.05) is 11.2 Å². The molecule has 190 valence electrons. The second kappa shape index (κ2) is 12.2. The molecule has 0 aromatic rings. The number of fused-ring (bicyclic) bond motifs is 1. The molecule has 7 atom stereocenters. The monoisotopic (exact) mass is 485 g/mol. The molecule has 2 fully saturated rings. The maximum absolute atomic E-state index is 13.4. The molecule has 1 amide bonds. The lowest BCUT2D eigenvalue weighted by molar-refractivity contribution is -0.128. The molecule has 3 aliphatic heterocycles. The average molecular weight is 486 g/mol. The molecule has 3 aliphatic rings. The largest absolute Gasteiger partial charge is 0.376 e. The molecule has 0 aromatic heterocycles. The van der Waals surface area contributed by atoms with E-state index in [0.29, 0.717) is 19.1 Å². The highest BCUT2D eigenvalue weighted by Crippen LogP contribution is 2.48. The lowest BCUT2D eigenvalue weighted by atomic mass is 9.94. The van der Waals surface area contributed by atoms with E-state index in [0.717, 1.165) is 50.2 Å². The Kier molecular flexibility index (Phi) is 9.82. The average Bonchev–Trinajstić information content (AvgIpc) is 3.28.